The van der Waals surface area contributed by atoms with Crippen LogP contribution < -0.4 is 23.7 Å². The third kappa shape index (κ3) is 3.40. The largest absolute Gasteiger partial charge is 0.496 e. The summed E-state index contributed by atoms with van der Waals surface area (Å²) in [5.41, 5.74) is 1.57. The van der Waals surface area contributed by atoms with E-state index in [0.29, 0.717) is 51.2 Å². The van der Waals surface area contributed by atoms with Gasteiger partial charge in [-0.3, -0.25) is 9.59 Å². The van der Waals surface area contributed by atoms with E-state index in [-0.39, 0.29) is 23.9 Å². The molecule has 2 aliphatic rings. The first kappa shape index (κ1) is 20.7. The van der Waals surface area contributed by atoms with Crippen molar-refractivity contribution < 1.29 is 37.7 Å². The fourth-order valence-electron chi connectivity index (χ4n) is 4.15. The number of carbonyl (C=O) groups is 2. The molecule has 3 aromatic rings. The average molecular weight is 448 g/mol. The number of ether oxygens (including phenoxy) is 5. The second kappa shape index (κ2) is 8.05. The standard InChI is InChI=1S/C25H20O8/c1-28-18-12-20(30-3)19(29-2)9-13(18)10-21-24(27)14-6-7-17-23(25(14)33-21)15(11-22(26)32-17)16-5-4-8-31-16/h4-10,12,15H,11H2,1-3H3. The van der Waals surface area contributed by atoms with Crippen LogP contribution in [-0.2, 0) is 4.79 Å². The van der Waals surface area contributed by atoms with Crippen LogP contribution in [0.1, 0.15) is 39.6 Å². The summed E-state index contributed by atoms with van der Waals surface area (Å²) in [6.07, 6.45) is 3.21. The molecule has 0 saturated heterocycles. The van der Waals surface area contributed by atoms with E-state index in [0.717, 1.165) is 0 Å². The molecule has 0 amide bonds. The van der Waals surface area contributed by atoms with Crippen molar-refractivity contribution in [3.63, 3.8) is 0 Å². The van der Waals surface area contributed by atoms with Crippen LogP contribution in [0.2, 0.25) is 0 Å². The molecule has 8 nitrogen and oxygen atoms in total. The van der Waals surface area contributed by atoms with E-state index in [1.165, 1.54) is 21.3 Å². The second-order valence-corrected chi connectivity index (χ2v) is 7.49. The number of Topliss-reactive ketones (excluding diaryl/α,β-unsaturated/α-hetero) is 1. The van der Waals surface area contributed by atoms with Crippen LogP contribution in [0.5, 0.6) is 28.7 Å². The van der Waals surface area contributed by atoms with E-state index < -0.39 is 5.92 Å². The smallest absolute Gasteiger partial charge is 0.312 e. The molecule has 33 heavy (non-hydrogen) atoms. The number of rotatable bonds is 5. The molecule has 1 unspecified atom stereocenters. The van der Waals surface area contributed by atoms with E-state index in [4.69, 9.17) is 28.1 Å². The highest BCUT2D eigenvalue weighted by atomic mass is 16.5. The van der Waals surface area contributed by atoms with Crippen molar-refractivity contribution in [3.8, 4) is 28.7 Å². The van der Waals surface area contributed by atoms with Crippen molar-refractivity contribution in [1.82, 2.24) is 0 Å². The van der Waals surface area contributed by atoms with Gasteiger partial charge < -0.3 is 28.1 Å². The van der Waals surface area contributed by atoms with Gasteiger partial charge in [-0.25, -0.2) is 0 Å². The highest BCUT2D eigenvalue weighted by molar-refractivity contribution is 6.15. The van der Waals surface area contributed by atoms with Gasteiger partial charge in [-0.2, -0.15) is 0 Å². The molecule has 1 aromatic heterocycles. The van der Waals surface area contributed by atoms with Crippen molar-refractivity contribution in [3.05, 3.63) is 70.9 Å². The Morgan fingerprint density at radius 3 is 2.39 bits per heavy atom. The van der Waals surface area contributed by atoms with Crippen molar-refractivity contribution in [2.45, 2.75) is 12.3 Å². The van der Waals surface area contributed by atoms with Crippen LogP contribution in [0.4, 0.5) is 0 Å². The molecule has 0 bridgehead atoms. The van der Waals surface area contributed by atoms with Crippen molar-refractivity contribution in [2.75, 3.05) is 21.3 Å². The predicted octanol–water partition coefficient (Wildman–Crippen LogP) is 4.36. The van der Waals surface area contributed by atoms with Gasteiger partial charge in [-0.05, 0) is 36.4 Å². The Labute approximate surface area is 189 Å². The molecule has 3 heterocycles. The summed E-state index contributed by atoms with van der Waals surface area (Å²) in [7, 11) is 4.58. The lowest BCUT2D eigenvalue weighted by atomic mass is 9.88. The lowest BCUT2D eigenvalue weighted by Crippen LogP contribution is -2.21. The van der Waals surface area contributed by atoms with Crippen molar-refractivity contribution >= 4 is 17.8 Å². The molecule has 0 spiro atoms. The minimum absolute atomic E-state index is 0.0804. The molecule has 0 aliphatic carbocycles. The Balaban J connectivity index is 1.60. The van der Waals surface area contributed by atoms with Crippen LogP contribution in [0.3, 0.4) is 0 Å². The van der Waals surface area contributed by atoms with Crippen LogP contribution in [0.25, 0.3) is 6.08 Å². The van der Waals surface area contributed by atoms with Gasteiger partial charge >= 0.3 is 5.97 Å². The van der Waals surface area contributed by atoms with Gasteiger partial charge in [0.1, 0.15) is 23.0 Å². The Morgan fingerprint density at radius 2 is 1.70 bits per heavy atom. The van der Waals surface area contributed by atoms with Gasteiger partial charge in [0.25, 0.3) is 0 Å². The molecular formula is C25H20O8. The van der Waals surface area contributed by atoms with E-state index >= 15 is 0 Å². The average Bonchev–Trinajstić information content (AvgIpc) is 3.47. The van der Waals surface area contributed by atoms with Gasteiger partial charge in [0, 0.05) is 17.2 Å². The third-order valence-electron chi connectivity index (χ3n) is 5.69. The topological polar surface area (TPSA) is 93.4 Å². The number of fused-ring (bicyclic) bond motifs is 3. The maximum Gasteiger partial charge on any atom is 0.312 e. The molecule has 0 saturated carbocycles. The van der Waals surface area contributed by atoms with Crippen LogP contribution in [-0.4, -0.2) is 33.1 Å². The Morgan fingerprint density at radius 1 is 0.939 bits per heavy atom. The molecule has 1 atom stereocenters. The monoisotopic (exact) mass is 448 g/mol. The number of methoxy groups -OCH3 is 3. The number of esters is 1. The van der Waals surface area contributed by atoms with Gasteiger partial charge in [-0.1, -0.05) is 0 Å². The number of carbonyl (C=O) groups excluding carboxylic acids is 2. The molecule has 5 rings (SSSR count). The summed E-state index contributed by atoms with van der Waals surface area (Å²) in [6.45, 7) is 0. The van der Waals surface area contributed by atoms with Gasteiger partial charge in [0.15, 0.2) is 17.3 Å². The second-order valence-electron chi connectivity index (χ2n) is 7.49. The lowest BCUT2D eigenvalue weighted by Gasteiger charge is -2.24. The predicted molar refractivity (Wildman–Crippen MR) is 116 cm³/mol. The van der Waals surface area contributed by atoms with Crippen molar-refractivity contribution in [2.24, 2.45) is 0 Å². The minimum Gasteiger partial charge on any atom is -0.496 e. The first-order valence-electron chi connectivity index (χ1n) is 10.2. The Kier molecular flexibility index (Phi) is 5.05. The van der Waals surface area contributed by atoms with Gasteiger partial charge in [0.05, 0.1) is 45.5 Å². The fraction of sp³-hybridized carbons (Fsp3) is 0.200. The zero-order valence-electron chi connectivity index (χ0n) is 18.2. The first-order chi connectivity index (χ1) is 16.0. The number of hydrogen-bond donors (Lipinski definition) is 0. The number of benzene rings is 2. The quantitative estimate of drug-likeness (QED) is 0.323. The summed E-state index contributed by atoms with van der Waals surface area (Å²) in [6, 6.07) is 10.1. The van der Waals surface area contributed by atoms with Crippen LogP contribution >= 0.6 is 0 Å². The first-order valence-corrected chi connectivity index (χ1v) is 10.2. The molecule has 8 heteroatoms. The minimum atomic E-state index is -0.422. The molecule has 168 valence electrons. The number of allylic oxidation sites excluding steroid dienone is 1. The SMILES string of the molecule is COc1cc(OC)c(OC)cc1C=C1Oc2c(ccc3c2C(c2ccco2)CC(=O)O3)C1=O. The summed E-state index contributed by atoms with van der Waals surface area (Å²) in [4.78, 5) is 25.4. The molecule has 0 radical (unpaired) electrons. The number of furan rings is 1. The zero-order chi connectivity index (χ0) is 23.1. The lowest BCUT2D eigenvalue weighted by molar-refractivity contribution is -0.135. The molecule has 2 aromatic carbocycles. The molecule has 0 N–H and O–H groups in total. The van der Waals surface area contributed by atoms with E-state index in [9.17, 15) is 9.59 Å². The van der Waals surface area contributed by atoms with E-state index in [1.54, 1.807) is 48.7 Å². The van der Waals surface area contributed by atoms with E-state index in [1.807, 2.05) is 0 Å². The summed E-state index contributed by atoms with van der Waals surface area (Å²) < 4.78 is 33.2. The normalized spacial score (nSPS) is 17.8. The number of hydrogen-bond acceptors (Lipinski definition) is 8. The highest BCUT2D eigenvalue weighted by Gasteiger charge is 2.39. The van der Waals surface area contributed by atoms with E-state index in [2.05, 4.69) is 0 Å². The number of ketones is 1. The maximum absolute atomic E-state index is 13.2. The molecule has 2 aliphatic heterocycles. The highest BCUT2D eigenvalue weighted by Crippen LogP contribution is 2.49. The Hall–Kier alpha value is -4.20. The maximum atomic E-state index is 13.2. The van der Waals surface area contributed by atoms with Crippen LogP contribution in [0, 0.1) is 0 Å². The molecular weight excluding hydrogens is 428 g/mol. The van der Waals surface area contributed by atoms with Crippen molar-refractivity contribution in [1.29, 1.82) is 0 Å². The zero-order valence-corrected chi connectivity index (χ0v) is 18.2. The third-order valence-corrected chi connectivity index (χ3v) is 5.69. The fourth-order valence-corrected chi connectivity index (χ4v) is 4.15. The Bertz CT molecular complexity index is 1290. The van der Waals surface area contributed by atoms with Gasteiger partial charge in [0.2, 0.25) is 5.78 Å². The summed E-state index contributed by atoms with van der Waals surface area (Å²) >= 11 is 0. The summed E-state index contributed by atoms with van der Waals surface area (Å²) in [5, 5.41) is 0. The van der Waals surface area contributed by atoms with Crippen LogP contribution in [0.15, 0.2) is 52.8 Å². The molecule has 0 fully saturated rings. The summed E-state index contributed by atoms with van der Waals surface area (Å²) in [5.74, 6) is 1.78. The van der Waals surface area contributed by atoms with Gasteiger partial charge in [-0.15, -0.1) is 0 Å².